The fourth-order valence-corrected chi connectivity index (χ4v) is 3.21. The highest BCUT2D eigenvalue weighted by Crippen LogP contribution is 2.37. The van der Waals surface area contributed by atoms with Crippen molar-refractivity contribution < 1.29 is 4.74 Å². The number of rotatable bonds is 4. The van der Waals surface area contributed by atoms with Gasteiger partial charge in [0.2, 0.25) is 5.95 Å². The Balaban J connectivity index is 1.64. The van der Waals surface area contributed by atoms with Gasteiger partial charge in [-0.25, -0.2) is 0 Å². The van der Waals surface area contributed by atoms with Crippen LogP contribution >= 0.6 is 0 Å². The average molecular weight is 333 g/mol. The monoisotopic (exact) mass is 333 g/mol. The zero-order chi connectivity index (χ0) is 17.2. The van der Waals surface area contributed by atoms with Gasteiger partial charge in [-0.1, -0.05) is 24.3 Å². The molecule has 0 saturated heterocycles. The lowest BCUT2D eigenvalue weighted by Crippen LogP contribution is -2.25. The Kier molecular flexibility index (Phi) is 3.93. The maximum Gasteiger partial charge on any atom is 0.249 e. The SMILES string of the molecule is COc1cccc(Nc2nncc(N3c4ccccc4CC3C)n2)c1. The highest BCUT2D eigenvalue weighted by Gasteiger charge is 2.28. The standard InChI is InChI=1S/C19H19N5O/c1-13-10-14-6-3-4-9-17(14)24(13)18-12-20-23-19(22-18)21-15-7-5-8-16(11-15)25-2/h3-9,11-13H,10H2,1-2H3,(H,21,22,23). The van der Waals surface area contributed by atoms with Crippen LogP contribution in [0.3, 0.4) is 0 Å². The Morgan fingerprint density at radius 2 is 2.04 bits per heavy atom. The molecule has 3 aromatic rings. The van der Waals surface area contributed by atoms with Crippen LogP contribution < -0.4 is 15.0 Å². The van der Waals surface area contributed by atoms with Gasteiger partial charge in [-0.15, -0.1) is 5.10 Å². The number of hydrogen-bond donors (Lipinski definition) is 1. The quantitative estimate of drug-likeness (QED) is 0.785. The van der Waals surface area contributed by atoms with E-state index in [9.17, 15) is 0 Å². The first kappa shape index (κ1) is 15.4. The lowest BCUT2D eigenvalue weighted by Gasteiger charge is -2.23. The summed E-state index contributed by atoms with van der Waals surface area (Å²) in [4.78, 5) is 6.86. The molecule has 1 N–H and O–H groups in total. The van der Waals surface area contributed by atoms with E-state index in [1.807, 2.05) is 30.3 Å². The summed E-state index contributed by atoms with van der Waals surface area (Å²) >= 11 is 0. The molecule has 1 atom stereocenters. The maximum absolute atomic E-state index is 5.25. The van der Waals surface area contributed by atoms with Gasteiger partial charge in [0.25, 0.3) is 0 Å². The second-order valence-corrected chi connectivity index (χ2v) is 6.05. The van der Waals surface area contributed by atoms with Crippen molar-refractivity contribution >= 4 is 23.1 Å². The molecule has 1 aliphatic heterocycles. The molecule has 2 aromatic carbocycles. The van der Waals surface area contributed by atoms with Gasteiger partial charge in [0, 0.05) is 23.5 Å². The first-order chi connectivity index (χ1) is 12.2. The summed E-state index contributed by atoms with van der Waals surface area (Å²) in [5.74, 6) is 2.02. The molecule has 0 amide bonds. The maximum atomic E-state index is 5.25. The molecule has 0 fully saturated rings. The van der Waals surface area contributed by atoms with Crippen molar-refractivity contribution in [2.24, 2.45) is 0 Å². The Morgan fingerprint density at radius 1 is 1.16 bits per heavy atom. The van der Waals surface area contributed by atoms with Gasteiger partial charge in [0.05, 0.1) is 13.3 Å². The van der Waals surface area contributed by atoms with E-state index in [2.05, 4.69) is 50.5 Å². The Labute approximate surface area is 146 Å². The summed E-state index contributed by atoms with van der Waals surface area (Å²) in [5.41, 5.74) is 3.37. The van der Waals surface area contributed by atoms with Crippen molar-refractivity contribution in [2.75, 3.05) is 17.3 Å². The molecule has 0 aliphatic carbocycles. The Hall–Kier alpha value is -3.15. The van der Waals surface area contributed by atoms with Crippen LogP contribution in [0.1, 0.15) is 12.5 Å². The minimum Gasteiger partial charge on any atom is -0.497 e. The highest BCUT2D eigenvalue weighted by atomic mass is 16.5. The molecule has 1 unspecified atom stereocenters. The molecule has 0 spiro atoms. The van der Waals surface area contributed by atoms with Crippen molar-refractivity contribution in [1.82, 2.24) is 15.2 Å². The molecule has 0 bridgehead atoms. The van der Waals surface area contributed by atoms with Crippen molar-refractivity contribution in [1.29, 1.82) is 0 Å². The number of nitrogens with zero attached hydrogens (tertiary/aromatic N) is 4. The second kappa shape index (κ2) is 6.39. The molecular formula is C19H19N5O. The second-order valence-electron chi connectivity index (χ2n) is 6.05. The number of para-hydroxylation sites is 1. The van der Waals surface area contributed by atoms with Gasteiger partial charge in [-0.2, -0.15) is 10.1 Å². The molecule has 4 rings (SSSR count). The predicted octanol–water partition coefficient (Wildman–Crippen LogP) is 3.71. The highest BCUT2D eigenvalue weighted by molar-refractivity contribution is 5.69. The van der Waals surface area contributed by atoms with Gasteiger partial charge in [0.1, 0.15) is 5.75 Å². The first-order valence-corrected chi connectivity index (χ1v) is 8.22. The Bertz CT molecular complexity index is 898. The van der Waals surface area contributed by atoms with Crippen LogP contribution in [0.4, 0.5) is 23.1 Å². The number of aromatic nitrogens is 3. The average Bonchev–Trinajstić information content (AvgIpc) is 2.98. The molecular weight excluding hydrogens is 314 g/mol. The van der Waals surface area contributed by atoms with E-state index in [-0.39, 0.29) is 0 Å². The number of methoxy groups -OCH3 is 1. The topological polar surface area (TPSA) is 63.2 Å². The molecule has 126 valence electrons. The number of nitrogens with one attached hydrogen (secondary N) is 1. The third kappa shape index (κ3) is 2.98. The van der Waals surface area contributed by atoms with E-state index in [1.54, 1.807) is 13.3 Å². The third-order valence-corrected chi connectivity index (χ3v) is 4.33. The van der Waals surface area contributed by atoms with E-state index in [0.29, 0.717) is 12.0 Å². The van der Waals surface area contributed by atoms with E-state index in [0.717, 1.165) is 23.7 Å². The molecule has 25 heavy (non-hydrogen) atoms. The zero-order valence-electron chi connectivity index (χ0n) is 14.2. The molecule has 0 saturated carbocycles. The molecule has 6 nitrogen and oxygen atoms in total. The van der Waals surface area contributed by atoms with Crippen LogP contribution in [0.2, 0.25) is 0 Å². The van der Waals surface area contributed by atoms with Gasteiger partial charge < -0.3 is 15.0 Å². The van der Waals surface area contributed by atoms with E-state index in [4.69, 9.17) is 4.74 Å². The fourth-order valence-electron chi connectivity index (χ4n) is 3.21. The summed E-state index contributed by atoms with van der Waals surface area (Å²) in [6.07, 6.45) is 2.70. The number of ether oxygens (including phenoxy) is 1. The van der Waals surface area contributed by atoms with E-state index < -0.39 is 0 Å². The van der Waals surface area contributed by atoms with Crippen LogP contribution in [0.5, 0.6) is 5.75 Å². The van der Waals surface area contributed by atoms with Gasteiger partial charge in [0.15, 0.2) is 5.82 Å². The van der Waals surface area contributed by atoms with Gasteiger partial charge >= 0.3 is 0 Å². The predicted molar refractivity (Wildman–Crippen MR) is 97.9 cm³/mol. The molecule has 6 heteroatoms. The summed E-state index contributed by atoms with van der Waals surface area (Å²) < 4.78 is 5.25. The van der Waals surface area contributed by atoms with Crippen molar-refractivity contribution in [3.05, 3.63) is 60.3 Å². The summed E-state index contributed by atoms with van der Waals surface area (Å²) in [6, 6.07) is 16.4. The van der Waals surface area contributed by atoms with Crippen LogP contribution in [-0.2, 0) is 6.42 Å². The Morgan fingerprint density at radius 3 is 2.92 bits per heavy atom. The van der Waals surface area contributed by atoms with Crippen LogP contribution in [-0.4, -0.2) is 28.3 Å². The normalized spacial score (nSPS) is 15.8. The van der Waals surface area contributed by atoms with Crippen molar-refractivity contribution in [3.8, 4) is 5.75 Å². The van der Waals surface area contributed by atoms with E-state index in [1.165, 1.54) is 11.3 Å². The molecule has 2 heterocycles. The summed E-state index contributed by atoms with van der Waals surface area (Å²) in [6.45, 7) is 2.19. The largest absolute Gasteiger partial charge is 0.497 e. The third-order valence-electron chi connectivity index (χ3n) is 4.33. The fraction of sp³-hybridized carbons (Fsp3) is 0.211. The van der Waals surface area contributed by atoms with Crippen molar-refractivity contribution in [3.63, 3.8) is 0 Å². The van der Waals surface area contributed by atoms with E-state index >= 15 is 0 Å². The van der Waals surface area contributed by atoms with Crippen LogP contribution in [0.25, 0.3) is 0 Å². The summed E-state index contributed by atoms with van der Waals surface area (Å²) in [7, 11) is 1.64. The smallest absolute Gasteiger partial charge is 0.249 e. The first-order valence-electron chi connectivity index (χ1n) is 8.22. The lowest BCUT2D eigenvalue weighted by molar-refractivity contribution is 0.415. The van der Waals surface area contributed by atoms with Crippen LogP contribution in [0.15, 0.2) is 54.7 Å². The van der Waals surface area contributed by atoms with Gasteiger partial charge in [-0.3, -0.25) is 0 Å². The number of hydrogen-bond acceptors (Lipinski definition) is 6. The lowest BCUT2D eigenvalue weighted by atomic mass is 10.1. The summed E-state index contributed by atoms with van der Waals surface area (Å²) in [5, 5.41) is 11.4. The van der Waals surface area contributed by atoms with Crippen LogP contribution in [0, 0.1) is 0 Å². The molecule has 1 aliphatic rings. The number of anilines is 4. The molecule has 1 aromatic heterocycles. The minimum absolute atomic E-state index is 0.332. The van der Waals surface area contributed by atoms with Crippen molar-refractivity contribution in [2.45, 2.75) is 19.4 Å². The number of benzene rings is 2. The number of fused-ring (bicyclic) bond motifs is 1. The minimum atomic E-state index is 0.332. The zero-order valence-corrected chi connectivity index (χ0v) is 14.2. The molecule has 0 radical (unpaired) electrons. The van der Waals surface area contributed by atoms with Gasteiger partial charge in [-0.05, 0) is 37.1 Å².